The van der Waals surface area contributed by atoms with Crippen molar-refractivity contribution in [2.75, 3.05) is 5.32 Å². The molecule has 3 aliphatic rings. The van der Waals surface area contributed by atoms with Gasteiger partial charge in [0.05, 0.1) is 18.4 Å². The van der Waals surface area contributed by atoms with E-state index in [0.717, 1.165) is 4.90 Å². The van der Waals surface area contributed by atoms with Gasteiger partial charge in [0.15, 0.2) is 0 Å². The summed E-state index contributed by atoms with van der Waals surface area (Å²) in [5.41, 5.74) is 4.76. The van der Waals surface area contributed by atoms with E-state index in [1.54, 1.807) is 0 Å². The molecule has 2 fully saturated rings. The Kier molecular flexibility index (Phi) is 4.78. The van der Waals surface area contributed by atoms with Crippen molar-refractivity contribution in [3.05, 3.63) is 65.2 Å². The topological polar surface area (TPSA) is 122 Å². The first kappa shape index (κ1) is 21.2. The summed E-state index contributed by atoms with van der Waals surface area (Å²) in [6, 6.07) is 8.45. The number of hydrogen-bond acceptors (Lipinski definition) is 5. The number of hydrogen-bond donors (Lipinski definition) is 3. The maximum absolute atomic E-state index is 14.2. The van der Waals surface area contributed by atoms with Crippen LogP contribution >= 0.6 is 0 Å². The molecular weight excluding hydrogens is 434 g/mol. The minimum absolute atomic E-state index is 0.0615. The molecule has 10 heteroatoms. The molecule has 33 heavy (non-hydrogen) atoms. The average molecular weight is 454 g/mol. The van der Waals surface area contributed by atoms with E-state index in [4.69, 9.17) is 5.73 Å². The first-order chi connectivity index (χ1) is 15.7. The summed E-state index contributed by atoms with van der Waals surface area (Å²) in [5.74, 6) is -5.37. The lowest BCUT2D eigenvalue weighted by atomic mass is 9.76. The number of nitrogens with one attached hydrogen (secondary N) is 2. The van der Waals surface area contributed by atoms with Crippen molar-refractivity contribution < 1.29 is 28.0 Å². The molecule has 0 bridgehead atoms. The Morgan fingerprint density at radius 3 is 2.42 bits per heavy atom. The second-order valence-electron chi connectivity index (χ2n) is 8.60. The quantitative estimate of drug-likeness (QED) is 0.586. The van der Waals surface area contributed by atoms with Crippen molar-refractivity contribution in [3.8, 4) is 0 Å². The van der Waals surface area contributed by atoms with Crippen LogP contribution in [0.3, 0.4) is 0 Å². The molecule has 3 aliphatic heterocycles. The van der Waals surface area contributed by atoms with Gasteiger partial charge in [-0.3, -0.25) is 29.4 Å². The summed E-state index contributed by atoms with van der Waals surface area (Å²) in [6.07, 6.45) is 0.0631. The van der Waals surface area contributed by atoms with E-state index in [1.807, 2.05) is 0 Å². The summed E-state index contributed by atoms with van der Waals surface area (Å²) in [4.78, 5) is 52.7. The molecule has 4 amide bonds. The molecule has 2 aromatic rings. The maximum Gasteiger partial charge on any atom is 0.250 e. The summed E-state index contributed by atoms with van der Waals surface area (Å²) in [6.45, 7) is -0.0960. The lowest BCUT2D eigenvalue weighted by Crippen LogP contribution is -2.53. The van der Waals surface area contributed by atoms with Crippen LogP contribution in [0.5, 0.6) is 0 Å². The van der Waals surface area contributed by atoms with Crippen LogP contribution in [0.2, 0.25) is 0 Å². The second kappa shape index (κ2) is 7.45. The number of likely N-dealkylation sites (tertiary alicyclic amines) is 1. The molecule has 5 rings (SSSR count). The zero-order valence-corrected chi connectivity index (χ0v) is 17.3. The van der Waals surface area contributed by atoms with E-state index in [2.05, 4.69) is 10.6 Å². The SMILES string of the molecule is NC(=O)CC[C@@H]1N[C@@]2(C(=O)Nc3ccc(F)cc32)[C@@H]2C(=O)N(Cc3ccc(F)cc3)C(=O)[C@H]12. The summed E-state index contributed by atoms with van der Waals surface area (Å²) in [7, 11) is 0. The van der Waals surface area contributed by atoms with E-state index in [0.29, 0.717) is 11.3 Å². The van der Waals surface area contributed by atoms with Crippen LogP contribution in [-0.4, -0.2) is 34.6 Å². The minimum Gasteiger partial charge on any atom is -0.370 e. The largest absolute Gasteiger partial charge is 0.370 e. The van der Waals surface area contributed by atoms with Crippen molar-refractivity contribution in [3.63, 3.8) is 0 Å². The Morgan fingerprint density at radius 1 is 1.03 bits per heavy atom. The maximum atomic E-state index is 14.2. The van der Waals surface area contributed by atoms with E-state index in [9.17, 15) is 28.0 Å². The zero-order valence-electron chi connectivity index (χ0n) is 17.3. The van der Waals surface area contributed by atoms with Crippen molar-refractivity contribution >= 4 is 29.3 Å². The molecule has 0 aliphatic carbocycles. The fourth-order valence-corrected chi connectivity index (χ4v) is 5.31. The van der Waals surface area contributed by atoms with E-state index >= 15 is 0 Å². The molecule has 1 spiro atoms. The lowest BCUT2D eigenvalue weighted by molar-refractivity contribution is -0.143. The fourth-order valence-electron chi connectivity index (χ4n) is 5.31. The molecule has 2 saturated heterocycles. The van der Waals surface area contributed by atoms with Gasteiger partial charge in [-0.25, -0.2) is 8.78 Å². The molecule has 3 heterocycles. The Labute approximate surface area is 187 Å². The van der Waals surface area contributed by atoms with Crippen LogP contribution in [-0.2, 0) is 31.3 Å². The highest BCUT2D eigenvalue weighted by atomic mass is 19.1. The predicted octanol–water partition coefficient (Wildman–Crippen LogP) is 1.15. The van der Waals surface area contributed by atoms with Gasteiger partial charge in [-0.1, -0.05) is 12.1 Å². The molecular formula is C23H20F2N4O4. The molecule has 2 aromatic carbocycles. The Hall–Kier alpha value is -3.66. The van der Waals surface area contributed by atoms with Gasteiger partial charge in [0.2, 0.25) is 23.6 Å². The summed E-state index contributed by atoms with van der Waals surface area (Å²) in [5, 5.41) is 5.78. The van der Waals surface area contributed by atoms with Gasteiger partial charge in [-0.05, 0) is 42.3 Å². The minimum atomic E-state index is -1.66. The summed E-state index contributed by atoms with van der Waals surface area (Å²) >= 11 is 0. The molecule has 8 nitrogen and oxygen atoms in total. The number of carbonyl (C=O) groups excluding carboxylic acids is 4. The first-order valence-corrected chi connectivity index (χ1v) is 10.5. The molecule has 0 aromatic heterocycles. The van der Waals surface area contributed by atoms with Crippen molar-refractivity contribution in [2.45, 2.75) is 31.0 Å². The molecule has 4 N–H and O–H groups in total. The highest BCUT2D eigenvalue weighted by molar-refractivity contribution is 6.15. The van der Waals surface area contributed by atoms with Crippen LogP contribution in [0.25, 0.3) is 0 Å². The predicted molar refractivity (Wildman–Crippen MR) is 111 cm³/mol. The second-order valence-corrected chi connectivity index (χ2v) is 8.60. The summed E-state index contributed by atoms with van der Waals surface area (Å²) < 4.78 is 27.5. The first-order valence-electron chi connectivity index (χ1n) is 10.5. The van der Waals surface area contributed by atoms with Gasteiger partial charge >= 0.3 is 0 Å². The van der Waals surface area contributed by atoms with E-state index < -0.39 is 58.7 Å². The molecule has 0 saturated carbocycles. The third kappa shape index (κ3) is 3.12. The van der Waals surface area contributed by atoms with Crippen molar-refractivity contribution in [2.24, 2.45) is 17.6 Å². The van der Waals surface area contributed by atoms with Crippen molar-refractivity contribution in [1.82, 2.24) is 10.2 Å². The Balaban J connectivity index is 1.58. The zero-order chi connectivity index (χ0) is 23.5. The number of primary amides is 1. The number of benzene rings is 2. The van der Waals surface area contributed by atoms with Crippen LogP contribution in [0.15, 0.2) is 42.5 Å². The van der Waals surface area contributed by atoms with E-state index in [-0.39, 0.29) is 24.9 Å². The Bertz CT molecular complexity index is 1200. The Morgan fingerprint density at radius 2 is 1.73 bits per heavy atom. The molecule has 4 atom stereocenters. The normalized spacial score (nSPS) is 27.8. The number of amides is 4. The van der Waals surface area contributed by atoms with Crippen LogP contribution in [0, 0.1) is 23.5 Å². The highest BCUT2D eigenvalue weighted by Crippen LogP contribution is 2.53. The van der Waals surface area contributed by atoms with Crippen LogP contribution in [0.1, 0.15) is 24.0 Å². The van der Waals surface area contributed by atoms with Gasteiger partial charge in [0, 0.05) is 23.7 Å². The van der Waals surface area contributed by atoms with Gasteiger partial charge in [0.1, 0.15) is 17.2 Å². The molecule has 0 unspecified atom stereocenters. The standard InChI is InChI=1S/C23H20F2N4O4/c24-12-3-1-11(2-4-12)10-29-20(31)18-16(7-8-17(26)30)28-23(19(18)21(29)32)14-9-13(25)5-6-15(14)27-22(23)33/h1-6,9,16,18-19,28H,7-8,10H2,(H2,26,30)(H,27,33)/t16-,18+,19-,23+/m0/s1. The number of nitrogens with zero attached hydrogens (tertiary/aromatic N) is 1. The van der Waals surface area contributed by atoms with Gasteiger partial charge < -0.3 is 11.1 Å². The average Bonchev–Trinajstić information content (AvgIpc) is 3.34. The van der Waals surface area contributed by atoms with Gasteiger partial charge in [-0.15, -0.1) is 0 Å². The lowest BCUT2D eigenvalue weighted by Gasteiger charge is -2.29. The number of nitrogens with two attached hydrogens (primary N) is 1. The number of carbonyl (C=O) groups is 4. The van der Waals surface area contributed by atoms with Crippen LogP contribution in [0.4, 0.5) is 14.5 Å². The van der Waals surface area contributed by atoms with Crippen molar-refractivity contribution in [1.29, 1.82) is 0 Å². The highest BCUT2D eigenvalue weighted by Gasteiger charge is 2.70. The molecule has 0 radical (unpaired) electrons. The number of fused-ring (bicyclic) bond motifs is 4. The smallest absolute Gasteiger partial charge is 0.250 e. The van der Waals surface area contributed by atoms with Gasteiger partial charge in [-0.2, -0.15) is 0 Å². The van der Waals surface area contributed by atoms with E-state index in [1.165, 1.54) is 42.5 Å². The third-order valence-electron chi connectivity index (χ3n) is 6.72. The fraction of sp³-hybridized carbons (Fsp3) is 0.304. The monoisotopic (exact) mass is 454 g/mol. The van der Waals surface area contributed by atoms with Crippen LogP contribution < -0.4 is 16.4 Å². The third-order valence-corrected chi connectivity index (χ3v) is 6.72. The molecule has 170 valence electrons. The number of halogens is 2. The number of rotatable bonds is 5. The number of anilines is 1. The van der Waals surface area contributed by atoms with Gasteiger partial charge in [0.25, 0.3) is 0 Å². The number of imide groups is 1.